The SMILES string of the molecule is COC(=O)CC(O)CP(=O)(CCCc1c(C)cc(C)cc1-c1ccc(F)c(C)c1)OC. The molecule has 2 unspecified atom stereocenters. The number of benzene rings is 2. The number of aliphatic hydroxyl groups excluding tert-OH is 1. The average Bonchev–Trinajstić information content (AvgIpc) is 2.71. The van der Waals surface area contributed by atoms with Gasteiger partial charge in [-0.3, -0.25) is 9.36 Å². The minimum atomic E-state index is -3.09. The van der Waals surface area contributed by atoms with Gasteiger partial charge in [0.15, 0.2) is 0 Å². The Morgan fingerprint density at radius 3 is 2.45 bits per heavy atom. The second kappa shape index (κ2) is 11.0. The molecule has 0 aliphatic carbocycles. The van der Waals surface area contributed by atoms with Crippen molar-refractivity contribution >= 4 is 13.3 Å². The molecule has 0 amide bonds. The van der Waals surface area contributed by atoms with Gasteiger partial charge in [0, 0.05) is 13.3 Å². The Kier molecular flexibility index (Phi) is 8.99. The van der Waals surface area contributed by atoms with Crippen LogP contribution in [-0.2, 0) is 25.0 Å². The van der Waals surface area contributed by atoms with Gasteiger partial charge in [0.25, 0.3) is 0 Å². The van der Waals surface area contributed by atoms with E-state index in [9.17, 15) is 18.9 Å². The Hall–Kier alpha value is -2.01. The lowest BCUT2D eigenvalue weighted by Gasteiger charge is -2.20. The van der Waals surface area contributed by atoms with Gasteiger partial charge in [-0.2, -0.15) is 0 Å². The highest BCUT2D eigenvalue weighted by molar-refractivity contribution is 7.59. The molecule has 2 aromatic carbocycles. The third-order valence-electron chi connectivity index (χ3n) is 5.46. The zero-order valence-corrected chi connectivity index (χ0v) is 19.8. The minimum absolute atomic E-state index is 0.0878. The van der Waals surface area contributed by atoms with Gasteiger partial charge in [-0.15, -0.1) is 0 Å². The summed E-state index contributed by atoms with van der Waals surface area (Å²) in [4.78, 5) is 11.3. The van der Waals surface area contributed by atoms with Crippen LogP contribution in [0.15, 0.2) is 30.3 Å². The molecule has 0 saturated heterocycles. The summed E-state index contributed by atoms with van der Waals surface area (Å²) in [5, 5.41) is 10.1. The molecule has 0 fully saturated rings. The van der Waals surface area contributed by atoms with Crippen LogP contribution in [0.2, 0.25) is 0 Å². The number of carbonyl (C=O) groups excluding carboxylic acids is 1. The van der Waals surface area contributed by atoms with Crippen molar-refractivity contribution in [1.82, 2.24) is 0 Å². The van der Waals surface area contributed by atoms with Crippen molar-refractivity contribution in [1.29, 1.82) is 0 Å². The summed E-state index contributed by atoms with van der Waals surface area (Å²) in [5.41, 5.74) is 5.94. The molecule has 0 saturated carbocycles. The fourth-order valence-corrected chi connectivity index (χ4v) is 5.74. The van der Waals surface area contributed by atoms with Crippen LogP contribution >= 0.6 is 7.37 Å². The molecule has 0 heterocycles. The van der Waals surface area contributed by atoms with Crippen LogP contribution in [0.3, 0.4) is 0 Å². The van der Waals surface area contributed by atoms with Gasteiger partial charge >= 0.3 is 5.97 Å². The molecule has 0 spiro atoms. The van der Waals surface area contributed by atoms with Crippen molar-refractivity contribution in [2.24, 2.45) is 0 Å². The van der Waals surface area contributed by atoms with Crippen molar-refractivity contribution < 1.29 is 28.1 Å². The number of hydrogen-bond acceptors (Lipinski definition) is 5. The predicted octanol–water partition coefficient (Wildman–Crippen LogP) is 5.20. The molecule has 2 aromatic rings. The van der Waals surface area contributed by atoms with Crippen LogP contribution in [0.25, 0.3) is 11.1 Å². The Labute approximate surface area is 184 Å². The molecule has 2 rings (SSSR count). The van der Waals surface area contributed by atoms with Gasteiger partial charge < -0.3 is 14.4 Å². The minimum Gasteiger partial charge on any atom is -0.469 e. The molecule has 1 N–H and O–H groups in total. The van der Waals surface area contributed by atoms with Crippen molar-refractivity contribution in [2.45, 2.75) is 46.1 Å². The zero-order chi connectivity index (χ0) is 23.2. The van der Waals surface area contributed by atoms with Crippen LogP contribution < -0.4 is 0 Å². The molecule has 31 heavy (non-hydrogen) atoms. The highest BCUT2D eigenvalue weighted by Gasteiger charge is 2.27. The van der Waals surface area contributed by atoms with Crippen LogP contribution in [0.4, 0.5) is 4.39 Å². The first-order chi connectivity index (χ1) is 14.6. The quantitative estimate of drug-likeness (QED) is 0.398. The molecule has 170 valence electrons. The fraction of sp³-hybridized carbons (Fsp3) is 0.458. The normalized spacial score (nSPS) is 14.2. The highest BCUT2D eigenvalue weighted by Crippen LogP contribution is 2.48. The third kappa shape index (κ3) is 6.99. The summed E-state index contributed by atoms with van der Waals surface area (Å²) in [7, 11) is -0.478. The van der Waals surface area contributed by atoms with Crippen molar-refractivity contribution in [3.05, 3.63) is 58.4 Å². The molecular weight excluding hydrogens is 418 g/mol. The molecule has 2 atom stereocenters. The number of aliphatic hydroxyl groups is 1. The second-order valence-corrected chi connectivity index (χ2v) is 10.8. The van der Waals surface area contributed by atoms with Gasteiger partial charge in [0.2, 0.25) is 7.37 Å². The smallest absolute Gasteiger partial charge is 0.308 e. The number of hydrogen-bond donors (Lipinski definition) is 1. The molecular formula is C24H32FO5P. The van der Waals surface area contributed by atoms with Crippen LogP contribution in [0.5, 0.6) is 0 Å². The van der Waals surface area contributed by atoms with E-state index in [0.29, 0.717) is 18.4 Å². The predicted molar refractivity (Wildman–Crippen MR) is 121 cm³/mol. The van der Waals surface area contributed by atoms with E-state index in [2.05, 4.69) is 16.9 Å². The van der Waals surface area contributed by atoms with E-state index in [1.165, 1.54) is 20.3 Å². The Morgan fingerprint density at radius 1 is 1.13 bits per heavy atom. The van der Waals surface area contributed by atoms with Crippen LogP contribution in [0.1, 0.15) is 35.1 Å². The molecule has 0 aliphatic heterocycles. The molecule has 0 radical (unpaired) electrons. The maximum atomic E-state index is 13.8. The van der Waals surface area contributed by atoms with Crippen molar-refractivity contribution in [3.63, 3.8) is 0 Å². The van der Waals surface area contributed by atoms with Gasteiger partial charge in [0.1, 0.15) is 5.82 Å². The number of aryl methyl sites for hydroxylation is 3. The molecule has 7 heteroatoms. The summed E-state index contributed by atoms with van der Waals surface area (Å²) in [5.74, 6) is -0.786. The maximum Gasteiger partial charge on any atom is 0.308 e. The van der Waals surface area contributed by atoms with Gasteiger partial charge in [0.05, 0.1) is 25.8 Å². The largest absolute Gasteiger partial charge is 0.469 e. The highest BCUT2D eigenvalue weighted by atomic mass is 31.2. The molecule has 0 aromatic heterocycles. The van der Waals surface area contributed by atoms with E-state index in [1.807, 2.05) is 19.9 Å². The van der Waals surface area contributed by atoms with Crippen molar-refractivity contribution in [2.75, 3.05) is 26.5 Å². The topological polar surface area (TPSA) is 72.8 Å². The van der Waals surface area contributed by atoms with E-state index in [0.717, 1.165) is 27.8 Å². The van der Waals surface area contributed by atoms with Gasteiger partial charge in [-0.1, -0.05) is 23.8 Å². The van der Waals surface area contributed by atoms with Crippen LogP contribution in [-0.4, -0.2) is 43.7 Å². The number of halogens is 1. The number of ether oxygens (including phenoxy) is 1. The fourth-order valence-electron chi connectivity index (χ4n) is 3.81. The average molecular weight is 450 g/mol. The van der Waals surface area contributed by atoms with E-state index in [1.54, 1.807) is 13.0 Å². The lowest BCUT2D eigenvalue weighted by Crippen LogP contribution is -2.20. The summed E-state index contributed by atoms with van der Waals surface area (Å²) < 4.78 is 36.6. The summed E-state index contributed by atoms with van der Waals surface area (Å²) >= 11 is 0. The summed E-state index contributed by atoms with van der Waals surface area (Å²) in [6.07, 6.45) is 0.171. The lowest BCUT2D eigenvalue weighted by atomic mass is 9.90. The Bertz CT molecular complexity index is 973. The van der Waals surface area contributed by atoms with Crippen LogP contribution in [0, 0.1) is 26.6 Å². The Balaban J connectivity index is 2.18. The number of esters is 1. The summed E-state index contributed by atoms with van der Waals surface area (Å²) in [6.45, 7) is 5.81. The third-order valence-corrected chi connectivity index (χ3v) is 8.10. The first-order valence-electron chi connectivity index (χ1n) is 10.3. The number of methoxy groups -OCH3 is 1. The monoisotopic (exact) mass is 450 g/mol. The molecule has 5 nitrogen and oxygen atoms in total. The van der Waals surface area contributed by atoms with E-state index in [-0.39, 0.29) is 24.6 Å². The van der Waals surface area contributed by atoms with Gasteiger partial charge in [-0.25, -0.2) is 4.39 Å². The Morgan fingerprint density at radius 2 is 1.84 bits per heavy atom. The lowest BCUT2D eigenvalue weighted by molar-refractivity contribution is -0.142. The summed E-state index contributed by atoms with van der Waals surface area (Å²) in [6, 6.07) is 9.30. The van der Waals surface area contributed by atoms with E-state index < -0.39 is 19.4 Å². The first-order valence-corrected chi connectivity index (χ1v) is 12.3. The molecule has 0 aliphatic rings. The second-order valence-electron chi connectivity index (χ2n) is 8.01. The zero-order valence-electron chi connectivity index (χ0n) is 18.9. The van der Waals surface area contributed by atoms with Gasteiger partial charge in [-0.05, 0) is 73.6 Å². The maximum absolute atomic E-state index is 13.8. The standard InChI is InChI=1S/C24H32FO5P/c1-16-11-17(2)21(22(12-16)19-8-9-23(25)18(3)13-19)7-6-10-31(28,30-5)15-20(26)14-24(27)29-4/h8-9,11-13,20,26H,6-7,10,14-15H2,1-5H3. The molecule has 0 bridgehead atoms. The van der Waals surface area contributed by atoms with Crippen molar-refractivity contribution in [3.8, 4) is 11.1 Å². The first kappa shape index (κ1) is 25.3. The number of rotatable bonds is 10. The van der Waals surface area contributed by atoms with E-state index in [4.69, 9.17) is 4.52 Å². The number of carbonyl (C=O) groups is 1. The van der Waals surface area contributed by atoms with E-state index >= 15 is 0 Å².